The molecule has 1 heterocycles. The van der Waals surface area contributed by atoms with Crippen LogP contribution >= 0.6 is 35.1 Å². The first-order valence-corrected chi connectivity index (χ1v) is 8.90. The van der Waals surface area contributed by atoms with Crippen LogP contribution in [0.1, 0.15) is 24.2 Å². The van der Waals surface area contributed by atoms with Crippen molar-refractivity contribution in [2.45, 2.75) is 23.1 Å². The third-order valence-electron chi connectivity index (χ3n) is 2.63. The smallest absolute Gasteiger partial charge is 0.243 e. The van der Waals surface area contributed by atoms with Crippen LogP contribution in [0.25, 0.3) is 0 Å². The number of thioether (sulfide) groups is 2. The van der Waals surface area contributed by atoms with Gasteiger partial charge < -0.3 is 10.3 Å². The molecule has 2 N–H and O–H groups in total. The zero-order chi connectivity index (χ0) is 14.4. The zero-order valence-corrected chi connectivity index (χ0v) is 13.5. The van der Waals surface area contributed by atoms with E-state index in [1.165, 1.54) is 0 Å². The molecule has 2 rings (SSSR count). The van der Waals surface area contributed by atoms with Crippen molar-refractivity contribution in [1.82, 2.24) is 10.1 Å². The van der Waals surface area contributed by atoms with Gasteiger partial charge in [-0.3, -0.25) is 0 Å². The number of rotatable bonds is 7. The van der Waals surface area contributed by atoms with Crippen molar-refractivity contribution in [3.63, 3.8) is 0 Å². The first kappa shape index (κ1) is 15.7. The lowest BCUT2D eigenvalue weighted by molar-refractivity contribution is 0.350. The summed E-state index contributed by atoms with van der Waals surface area (Å²) in [6.07, 6.45) is 2.88. The van der Waals surface area contributed by atoms with E-state index in [4.69, 9.17) is 21.9 Å². The van der Waals surface area contributed by atoms with Crippen LogP contribution in [0.15, 0.2) is 33.7 Å². The van der Waals surface area contributed by atoms with Gasteiger partial charge in [-0.05, 0) is 30.6 Å². The molecule has 0 bridgehead atoms. The maximum absolute atomic E-state index is 6.10. The van der Waals surface area contributed by atoms with Gasteiger partial charge in [0.05, 0.1) is 16.8 Å². The highest BCUT2D eigenvalue weighted by atomic mass is 35.5. The van der Waals surface area contributed by atoms with E-state index in [1.807, 2.05) is 30.5 Å². The second-order valence-electron chi connectivity index (χ2n) is 4.16. The van der Waals surface area contributed by atoms with E-state index in [0.717, 1.165) is 22.1 Å². The van der Waals surface area contributed by atoms with Crippen LogP contribution in [0.2, 0.25) is 5.02 Å². The lowest BCUT2D eigenvalue weighted by atomic mass is 10.2. The van der Waals surface area contributed by atoms with Crippen LogP contribution in [-0.4, -0.2) is 22.1 Å². The molecule has 2 aromatic rings. The summed E-state index contributed by atoms with van der Waals surface area (Å²) in [5.74, 6) is 2.74. The van der Waals surface area contributed by atoms with E-state index in [1.54, 1.807) is 23.5 Å². The van der Waals surface area contributed by atoms with E-state index in [0.29, 0.717) is 17.5 Å². The summed E-state index contributed by atoms with van der Waals surface area (Å²) in [7, 11) is 0. The van der Waals surface area contributed by atoms with Gasteiger partial charge in [-0.25, -0.2) is 0 Å². The highest BCUT2D eigenvalue weighted by Gasteiger charge is 2.14. The normalized spacial score (nSPS) is 12.6. The predicted octanol–water partition coefficient (Wildman–Crippen LogP) is 3.77. The van der Waals surface area contributed by atoms with E-state index in [2.05, 4.69) is 10.1 Å². The predicted molar refractivity (Wildman–Crippen MR) is 85.2 cm³/mol. The molecule has 0 fully saturated rings. The van der Waals surface area contributed by atoms with Crippen LogP contribution in [0.4, 0.5) is 0 Å². The van der Waals surface area contributed by atoms with E-state index < -0.39 is 0 Å². The maximum Gasteiger partial charge on any atom is 0.243 e. The molecule has 4 nitrogen and oxygen atoms in total. The molecule has 20 heavy (non-hydrogen) atoms. The van der Waals surface area contributed by atoms with E-state index in [9.17, 15) is 0 Å². The number of benzene rings is 1. The molecule has 0 amide bonds. The van der Waals surface area contributed by atoms with Gasteiger partial charge in [0.1, 0.15) is 0 Å². The monoisotopic (exact) mass is 329 g/mol. The Morgan fingerprint density at radius 1 is 1.40 bits per heavy atom. The average molecular weight is 330 g/mol. The first-order valence-electron chi connectivity index (χ1n) is 6.15. The van der Waals surface area contributed by atoms with Crippen LogP contribution < -0.4 is 5.73 Å². The van der Waals surface area contributed by atoms with Gasteiger partial charge in [-0.2, -0.15) is 16.7 Å². The Hall–Kier alpha value is -0.690. The fourth-order valence-electron chi connectivity index (χ4n) is 1.55. The second kappa shape index (κ2) is 7.93. The van der Waals surface area contributed by atoms with Crippen LogP contribution in [-0.2, 0) is 5.75 Å². The van der Waals surface area contributed by atoms with Crippen LogP contribution in [0.5, 0.6) is 0 Å². The van der Waals surface area contributed by atoms with Crippen molar-refractivity contribution in [1.29, 1.82) is 0 Å². The number of halogens is 1. The van der Waals surface area contributed by atoms with Gasteiger partial charge in [-0.15, -0.1) is 11.8 Å². The molecule has 0 aliphatic rings. The van der Waals surface area contributed by atoms with Crippen molar-refractivity contribution in [2.24, 2.45) is 5.73 Å². The lowest BCUT2D eigenvalue weighted by Crippen LogP contribution is -2.11. The van der Waals surface area contributed by atoms with Gasteiger partial charge >= 0.3 is 0 Å². The molecule has 1 aromatic carbocycles. The second-order valence-corrected chi connectivity index (χ2v) is 6.57. The van der Waals surface area contributed by atoms with E-state index in [-0.39, 0.29) is 6.04 Å². The summed E-state index contributed by atoms with van der Waals surface area (Å²) in [4.78, 5) is 5.34. The quantitative estimate of drug-likeness (QED) is 0.780. The highest BCUT2D eigenvalue weighted by molar-refractivity contribution is 7.98. The average Bonchev–Trinajstić information content (AvgIpc) is 2.93. The van der Waals surface area contributed by atoms with Crippen molar-refractivity contribution < 1.29 is 4.52 Å². The molecule has 7 heteroatoms. The first-order chi connectivity index (χ1) is 9.70. The van der Waals surface area contributed by atoms with Gasteiger partial charge in [0.25, 0.3) is 0 Å². The van der Waals surface area contributed by atoms with Crippen molar-refractivity contribution in [2.75, 3.05) is 12.0 Å². The summed E-state index contributed by atoms with van der Waals surface area (Å²) in [5, 5.41) is 4.69. The number of nitrogens with zero attached hydrogens (tertiary/aromatic N) is 2. The maximum atomic E-state index is 6.10. The van der Waals surface area contributed by atoms with Gasteiger partial charge in [-0.1, -0.05) is 28.9 Å². The van der Waals surface area contributed by atoms with Crippen molar-refractivity contribution in [3.8, 4) is 0 Å². The summed E-state index contributed by atoms with van der Waals surface area (Å²) in [5.41, 5.74) is 5.99. The van der Waals surface area contributed by atoms with E-state index >= 15 is 0 Å². The molecule has 0 aliphatic carbocycles. The number of hydrogen-bond donors (Lipinski definition) is 1. The fourth-order valence-corrected chi connectivity index (χ4v) is 3.12. The highest BCUT2D eigenvalue weighted by Crippen LogP contribution is 2.28. The Bertz CT molecular complexity index is 550. The Balaban J connectivity index is 1.91. The Kier molecular flexibility index (Phi) is 6.22. The third kappa shape index (κ3) is 4.41. The number of aromatic nitrogens is 2. The SMILES string of the molecule is CSCC[C@H](N)c1nc(CSc2ccccc2Cl)no1. The molecule has 1 atom stereocenters. The number of nitrogens with two attached hydrogens (primary N) is 1. The standard InChI is InChI=1S/C13H16ClN3OS2/c1-19-7-6-10(15)13-16-12(17-18-13)8-20-11-5-3-2-4-9(11)14/h2-5,10H,6-8,15H2,1H3/t10-/m0/s1. The summed E-state index contributed by atoms with van der Waals surface area (Å²) < 4.78 is 5.20. The lowest BCUT2D eigenvalue weighted by Gasteiger charge is -2.03. The summed E-state index contributed by atoms with van der Waals surface area (Å²) >= 11 is 9.43. The van der Waals surface area contributed by atoms with Gasteiger partial charge in [0, 0.05) is 4.90 Å². The van der Waals surface area contributed by atoms with Crippen LogP contribution in [0.3, 0.4) is 0 Å². The zero-order valence-electron chi connectivity index (χ0n) is 11.1. The Labute approximate surface area is 131 Å². The number of hydrogen-bond acceptors (Lipinski definition) is 6. The minimum Gasteiger partial charge on any atom is -0.338 e. The topological polar surface area (TPSA) is 64.9 Å². The van der Waals surface area contributed by atoms with Crippen molar-refractivity contribution in [3.05, 3.63) is 41.0 Å². The summed E-state index contributed by atoms with van der Waals surface area (Å²) in [6, 6.07) is 7.51. The van der Waals surface area contributed by atoms with Gasteiger partial charge in [0.15, 0.2) is 5.82 Å². The molecule has 0 aliphatic heterocycles. The minimum absolute atomic E-state index is 0.186. The van der Waals surface area contributed by atoms with Crippen molar-refractivity contribution >= 4 is 35.1 Å². The molecule has 108 valence electrons. The molecule has 1 aromatic heterocycles. The molecule has 0 radical (unpaired) electrons. The Morgan fingerprint density at radius 2 is 2.20 bits per heavy atom. The largest absolute Gasteiger partial charge is 0.338 e. The minimum atomic E-state index is -0.186. The molecular weight excluding hydrogens is 314 g/mol. The van der Waals surface area contributed by atoms with Gasteiger partial charge in [0.2, 0.25) is 5.89 Å². The molecular formula is C13H16ClN3OS2. The fraction of sp³-hybridized carbons (Fsp3) is 0.385. The van der Waals surface area contributed by atoms with Crippen LogP contribution in [0, 0.1) is 0 Å². The summed E-state index contributed by atoms with van der Waals surface area (Å²) in [6.45, 7) is 0. The molecule has 0 spiro atoms. The molecule has 0 unspecified atom stereocenters. The third-order valence-corrected chi connectivity index (χ3v) is 4.78. The molecule has 0 saturated carbocycles. The Morgan fingerprint density at radius 3 is 2.95 bits per heavy atom. The molecule has 0 saturated heterocycles.